The number of para-hydroxylation sites is 1. The van der Waals surface area contributed by atoms with Gasteiger partial charge in [-0.1, -0.05) is 42.5 Å². The van der Waals surface area contributed by atoms with Crippen LogP contribution in [0.25, 0.3) is 38.0 Å². The molecule has 0 atom stereocenters. The molecule has 0 bridgehead atoms. The second-order valence-corrected chi connectivity index (χ2v) is 5.02. The van der Waals surface area contributed by atoms with Crippen molar-refractivity contribution in [1.29, 1.82) is 0 Å². The first-order chi connectivity index (χ1) is 9.36. The van der Waals surface area contributed by atoms with Crippen LogP contribution in [0.1, 0.15) is 0 Å². The van der Waals surface area contributed by atoms with Crippen molar-refractivity contribution in [2.24, 2.45) is 0 Å². The van der Waals surface area contributed by atoms with Crippen LogP contribution >= 0.6 is 0 Å². The molecule has 0 aliphatic heterocycles. The van der Waals surface area contributed by atoms with Crippen LogP contribution in [0.2, 0.25) is 0 Å². The fraction of sp³-hybridized carbons (Fsp3) is 0. The second kappa shape index (κ2) is 2.86. The van der Waals surface area contributed by atoms with Gasteiger partial charge in [-0.15, -0.1) is 0 Å². The third kappa shape index (κ3) is 0.899. The van der Waals surface area contributed by atoms with Crippen molar-refractivity contribution >= 4 is 38.0 Å². The summed E-state index contributed by atoms with van der Waals surface area (Å²) in [4.78, 5) is 12.6. The second-order valence-electron chi connectivity index (χ2n) is 5.02. The highest BCUT2D eigenvalue weighted by molar-refractivity contribution is 6.23. The van der Waals surface area contributed by atoms with Crippen molar-refractivity contribution in [1.82, 2.24) is 4.40 Å². The van der Waals surface area contributed by atoms with Gasteiger partial charge in [0.15, 0.2) is 0 Å². The van der Waals surface area contributed by atoms with Crippen molar-refractivity contribution in [2.45, 2.75) is 0 Å². The van der Waals surface area contributed by atoms with Gasteiger partial charge in [-0.2, -0.15) is 0 Å². The van der Waals surface area contributed by atoms with Gasteiger partial charge in [0.05, 0.1) is 16.4 Å². The number of aromatic nitrogens is 1. The molecule has 0 saturated carbocycles. The number of hydrogen-bond donors (Lipinski definition) is 0. The minimum atomic E-state index is 0.0954. The Hall–Kier alpha value is -2.61. The standard InChI is InChI=1S/C17H9NO/c19-17-13-6-3-4-10-8-9-12-11-5-1-2-7-14(11)18(17)16(12)15(10)13/h1-9H. The maximum atomic E-state index is 12.6. The highest BCUT2D eigenvalue weighted by Gasteiger charge is 2.18. The molecule has 0 amide bonds. The molecule has 0 radical (unpaired) electrons. The van der Waals surface area contributed by atoms with Crippen LogP contribution in [0.15, 0.2) is 59.4 Å². The van der Waals surface area contributed by atoms with E-state index in [0.29, 0.717) is 0 Å². The lowest BCUT2D eigenvalue weighted by Crippen LogP contribution is -2.04. The first kappa shape index (κ1) is 9.34. The van der Waals surface area contributed by atoms with E-state index in [2.05, 4.69) is 24.3 Å². The number of rotatable bonds is 0. The van der Waals surface area contributed by atoms with Crippen LogP contribution in [-0.4, -0.2) is 4.40 Å². The van der Waals surface area contributed by atoms with E-state index in [0.717, 1.165) is 32.6 Å². The quantitative estimate of drug-likeness (QED) is 0.407. The van der Waals surface area contributed by atoms with E-state index >= 15 is 0 Å². The van der Waals surface area contributed by atoms with Gasteiger partial charge in [-0.05, 0) is 17.5 Å². The van der Waals surface area contributed by atoms with Gasteiger partial charge in [0.25, 0.3) is 5.56 Å². The van der Waals surface area contributed by atoms with Crippen molar-refractivity contribution < 1.29 is 0 Å². The molecule has 0 unspecified atom stereocenters. The highest BCUT2D eigenvalue weighted by Crippen LogP contribution is 2.35. The van der Waals surface area contributed by atoms with Crippen LogP contribution < -0.4 is 5.56 Å². The summed E-state index contributed by atoms with van der Waals surface area (Å²) in [7, 11) is 0. The van der Waals surface area contributed by atoms with Crippen LogP contribution in [0.4, 0.5) is 0 Å². The molecule has 2 nitrogen and oxygen atoms in total. The molecule has 19 heavy (non-hydrogen) atoms. The summed E-state index contributed by atoms with van der Waals surface area (Å²) in [5, 5.41) is 5.38. The Bertz CT molecular complexity index is 1120. The summed E-state index contributed by atoms with van der Waals surface area (Å²) >= 11 is 0. The average molecular weight is 243 g/mol. The van der Waals surface area contributed by atoms with E-state index in [1.807, 2.05) is 34.7 Å². The normalized spacial score (nSPS) is 12.4. The molecule has 2 heterocycles. The summed E-state index contributed by atoms with van der Waals surface area (Å²) in [6.07, 6.45) is 0. The number of hydrogen-bond acceptors (Lipinski definition) is 1. The first-order valence-electron chi connectivity index (χ1n) is 6.36. The Morgan fingerprint density at radius 1 is 0.737 bits per heavy atom. The number of benzene rings is 3. The zero-order valence-corrected chi connectivity index (χ0v) is 10.1. The summed E-state index contributed by atoms with van der Waals surface area (Å²) in [6.45, 7) is 0. The van der Waals surface area contributed by atoms with E-state index in [-0.39, 0.29) is 5.56 Å². The summed E-state index contributed by atoms with van der Waals surface area (Å²) in [6, 6.07) is 18.3. The minimum absolute atomic E-state index is 0.0954. The summed E-state index contributed by atoms with van der Waals surface area (Å²) in [5.41, 5.74) is 2.17. The number of nitrogens with zero attached hydrogens (tertiary/aromatic N) is 1. The van der Waals surface area contributed by atoms with Crippen LogP contribution in [0, 0.1) is 0 Å². The van der Waals surface area contributed by atoms with Crippen molar-refractivity contribution in [3.63, 3.8) is 0 Å². The van der Waals surface area contributed by atoms with Crippen LogP contribution in [-0.2, 0) is 0 Å². The molecule has 0 N–H and O–H groups in total. The van der Waals surface area contributed by atoms with Crippen molar-refractivity contribution in [2.75, 3.05) is 0 Å². The Morgan fingerprint density at radius 2 is 1.58 bits per heavy atom. The third-order valence-corrected chi connectivity index (χ3v) is 4.11. The Morgan fingerprint density at radius 3 is 2.53 bits per heavy atom. The molecule has 2 aromatic heterocycles. The van der Waals surface area contributed by atoms with Gasteiger partial charge in [0.1, 0.15) is 0 Å². The van der Waals surface area contributed by atoms with Gasteiger partial charge < -0.3 is 0 Å². The zero-order chi connectivity index (χ0) is 12.6. The van der Waals surface area contributed by atoms with Gasteiger partial charge in [-0.25, -0.2) is 0 Å². The molecule has 3 aromatic carbocycles. The average Bonchev–Trinajstić information content (AvgIpc) is 2.94. The Kier molecular flexibility index (Phi) is 1.40. The Balaban J connectivity index is 2.37. The predicted octanol–water partition coefficient (Wildman–Crippen LogP) is 3.63. The van der Waals surface area contributed by atoms with Crippen molar-refractivity contribution in [3.05, 3.63) is 65.0 Å². The van der Waals surface area contributed by atoms with Crippen LogP contribution in [0.3, 0.4) is 0 Å². The largest absolute Gasteiger partial charge is 0.275 e. The fourth-order valence-electron chi connectivity index (χ4n) is 3.34. The monoisotopic (exact) mass is 243 g/mol. The van der Waals surface area contributed by atoms with Crippen molar-refractivity contribution in [3.8, 4) is 0 Å². The molecule has 0 spiro atoms. The molecular formula is C17H9NO. The fourth-order valence-corrected chi connectivity index (χ4v) is 3.34. The van der Waals surface area contributed by atoms with E-state index in [9.17, 15) is 4.79 Å². The topological polar surface area (TPSA) is 21.5 Å². The molecule has 5 rings (SSSR count). The summed E-state index contributed by atoms with van der Waals surface area (Å²) in [5.74, 6) is 0. The maximum Gasteiger partial charge on any atom is 0.263 e. The molecule has 0 saturated heterocycles. The lowest BCUT2D eigenvalue weighted by Gasteiger charge is -1.97. The third-order valence-electron chi connectivity index (χ3n) is 4.11. The van der Waals surface area contributed by atoms with E-state index in [4.69, 9.17) is 0 Å². The predicted molar refractivity (Wildman–Crippen MR) is 78.6 cm³/mol. The SMILES string of the molecule is O=c1c2cccc3ccc4c5ccccc5n1c4c32. The van der Waals surface area contributed by atoms with Crippen LogP contribution in [0.5, 0.6) is 0 Å². The first-order valence-corrected chi connectivity index (χ1v) is 6.36. The molecule has 88 valence electrons. The van der Waals surface area contributed by atoms with Gasteiger partial charge >= 0.3 is 0 Å². The number of fused-ring (bicyclic) bond motifs is 3. The van der Waals surface area contributed by atoms with Gasteiger partial charge in [0.2, 0.25) is 0 Å². The molecule has 0 aliphatic rings. The molecule has 0 fully saturated rings. The molecular weight excluding hydrogens is 234 g/mol. The summed E-state index contributed by atoms with van der Waals surface area (Å²) < 4.78 is 1.86. The van der Waals surface area contributed by atoms with E-state index in [1.54, 1.807) is 0 Å². The van der Waals surface area contributed by atoms with E-state index in [1.165, 1.54) is 5.39 Å². The van der Waals surface area contributed by atoms with Gasteiger partial charge in [0, 0.05) is 16.2 Å². The molecule has 2 heteroatoms. The molecule has 0 aliphatic carbocycles. The maximum absolute atomic E-state index is 12.6. The zero-order valence-electron chi connectivity index (χ0n) is 10.1. The highest BCUT2D eigenvalue weighted by atomic mass is 16.1. The molecule has 5 aromatic rings. The van der Waals surface area contributed by atoms with Gasteiger partial charge in [-0.3, -0.25) is 9.20 Å². The Labute approximate surface area is 108 Å². The smallest absolute Gasteiger partial charge is 0.263 e. The lowest BCUT2D eigenvalue weighted by molar-refractivity contribution is 1.23. The van der Waals surface area contributed by atoms with E-state index < -0.39 is 0 Å². The lowest BCUT2D eigenvalue weighted by atomic mass is 10.0. The minimum Gasteiger partial charge on any atom is -0.275 e.